The summed E-state index contributed by atoms with van der Waals surface area (Å²) in [5, 5.41) is 6.81. The van der Waals surface area contributed by atoms with Crippen LogP contribution < -0.4 is 0 Å². The number of ether oxygens (including phenoxy) is 1. The fourth-order valence-electron chi connectivity index (χ4n) is 3.46. The molecule has 0 aromatic heterocycles. The number of aliphatic carboxylic acids is 1. The molecule has 0 aromatic carbocycles. The zero-order chi connectivity index (χ0) is 21.7. The first-order chi connectivity index (χ1) is 13.1. The quantitative estimate of drug-likeness (QED) is 0.278. The molecule has 0 amide bonds. The van der Waals surface area contributed by atoms with Gasteiger partial charge in [0.05, 0.1) is 6.42 Å². The second kappa shape index (κ2) is 13.9. The van der Waals surface area contributed by atoms with Gasteiger partial charge in [0.2, 0.25) is 0 Å². The smallest absolute Gasteiger partial charge is 0.327 e. The molecule has 0 saturated heterocycles. The number of hydrogen-bond donors (Lipinski definition) is 2. The lowest BCUT2D eigenvalue weighted by molar-refractivity contribution is -0.155. The van der Waals surface area contributed by atoms with Gasteiger partial charge in [-0.1, -0.05) is 66.2 Å². The molecule has 0 aliphatic rings. The number of carboxylic acid groups (broad SMARTS) is 1. The minimum atomic E-state index is -4.86. The molecule has 0 bridgehead atoms. The molecule has 0 saturated carbocycles. The molecular formula is C20H38O7S. The molecule has 2 N–H and O–H groups in total. The Hall–Kier alpha value is -1.15. The zero-order valence-corrected chi connectivity index (χ0v) is 18.5. The van der Waals surface area contributed by atoms with E-state index in [9.17, 15) is 22.6 Å². The van der Waals surface area contributed by atoms with Crippen LogP contribution in [-0.4, -0.2) is 41.4 Å². The Kier molecular flexibility index (Phi) is 13.4. The van der Waals surface area contributed by atoms with Crippen LogP contribution >= 0.6 is 0 Å². The number of hydrogen-bond acceptors (Lipinski definition) is 5. The molecule has 0 aliphatic heterocycles. The summed E-state index contributed by atoms with van der Waals surface area (Å²) >= 11 is 0. The van der Waals surface area contributed by atoms with Crippen molar-refractivity contribution in [1.29, 1.82) is 0 Å². The normalized spacial score (nSPS) is 16.2. The van der Waals surface area contributed by atoms with Crippen molar-refractivity contribution in [3.63, 3.8) is 0 Å². The van der Waals surface area contributed by atoms with Crippen molar-refractivity contribution < 1.29 is 32.4 Å². The molecule has 0 aliphatic carbocycles. The van der Waals surface area contributed by atoms with Crippen LogP contribution in [0.2, 0.25) is 0 Å². The largest absolute Gasteiger partial charge is 0.481 e. The van der Waals surface area contributed by atoms with E-state index in [4.69, 9.17) is 9.84 Å². The van der Waals surface area contributed by atoms with E-state index in [0.29, 0.717) is 12.3 Å². The highest BCUT2D eigenvalue weighted by Gasteiger charge is 2.37. The average Bonchev–Trinajstić information content (AvgIpc) is 2.62. The number of carboxylic acids is 1. The summed E-state index contributed by atoms with van der Waals surface area (Å²) in [4.78, 5) is 23.4. The number of carbonyl (C=O) groups is 2. The fraction of sp³-hybridized carbons (Fsp3) is 0.900. The first-order valence-corrected chi connectivity index (χ1v) is 12.0. The van der Waals surface area contributed by atoms with Crippen molar-refractivity contribution in [3.05, 3.63) is 0 Å². The average molecular weight is 423 g/mol. The highest BCUT2D eigenvalue weighted by Crippen LogP contribution is 2.29. The van der Waals surface area contributed by atoms with E-state index >= 15 is 0 Å². The van der Waals surface area contributed by atoms with Gasteiger partial charge >= 0.3 is 11.9 Å². The summed E-state index contributed by atoms with van der Waals surface area (Å²) in [5.74, 6) is -2.23. The Bertz CT molecular complexity index is 559. The number of carbonyl (C=O) groups excluding carboxylic acids is 1. The van der Waals surface area contributed by atoms with Crippen LogP contribution in [0.1, 0.15) is 91.9 Å². The predicted molar refractivity (Wildman–Crippen MR) is 109 cm³/mol. The van der Waals surface area contributed by atoms with Crippen molar-refractivity contribution >= 4 is 22.1 Å². The highest BCUT2D eigenvalue weighted by molar-refractivity contribution is 7.87. The molecule has 28 heavy (non-hydrogen) atoms. The van der Waals surface area contributed by atoms with E-state index in [2.05, 4.69) is 20.8 Å². The lowest BCUT2D eigenvalue weighted by Gasteiger charge is -2.30. The Balaban J connectivity index is 5.50. The van der Waals surface area contributed by atoms with Crippen LogP contribution in [0.15, 0.2) is 0 Å². The Labute approximate surface area is 170 Å². The van der Waals surface area contributed by atoms with Gasteiger partial charge in [-0.15, -0.1) is 0 Å². The third kappa shape index (κ3) is 10.4. The minimum Gasteiger partial charge on any atom is -0.481 e. The maximum absolute atomic E-state index is 12.5. The van der Waals surface area contributed by atoms with Crippen LogP contribution in [0, 0.1) is 11.8 Å². The molecule has 8 heteroatoms. The lowest BCUT2D eigenvalue weighted by atomic mass is 9.84. The Morgan fingerprint density at radius 3 is 1.96 bits per heavy atom. The molecule has 0 aromatic rings. The van der Waals surface area contributed by atoms with Crippen LogP contribution in [0.3, 0.4) is 0 Å². The SMILES string of the molecule is CCCCC(CC)CC(OC(=O)C(CC(=O)O)S(=O)(=O)O)C(CC)CCCC. The van der Waals surface area contributed by atoms with E-state index in [0.717, 1.165) is 51.4 Å². The molecular weight excluding hydrogens is 384 g/mol. The Morgan fingerprint density at radius 2 is 1.54 bits per heavy atom. The lowest BCUT2D eigenvalue weighted by Crippen LogP contribution is -2.38. The van der Waals surface area contributed by atoms with Gasteiger partial charge in [0.1, 0.15) is 6.10 Å². The number of rotatable bonds is 16. The molecule has 4 atom stereocenters. The van der Waals surface area contributed by atoms with Crippen molar-refractivity contribution in [2.45, 2.75) is 103 Å². The first-order valence-electron chi connectivity index (χ1n) is 10.5. The summed E-state index contributed by atoms with van der Waals surface area (Å²) in [6, 6.07) is 0. The van der Waals surface area contributed by atoms with Gasteiger partial charge in [0, 0.05) is 0 Å². The van der Waals surface area contributed by atoms with E-state index in [1.54, 1.807) is 0 Å². The monoisotopic (exact) mass is 422 g/mol. The number of unbranched alkanes of at least 4 members (excludes halogenated alkanes) is 2. The van der Waals surface area contributed by atoms with E-state index in [1.165, 1.54) is 0 Å². The van der Waals surface area contributed by atoms with Gasteiger partial charge in [-0.3, -0.25) is 14.1 Å². The van der Waals surface area contributed by atoms with Crippen LogP contribution in [0.5, 0.6) is 0 Å². The summed E-state index contributed by atoms with van der Waals surface area (Å²) in [7, 11) is -4.86. The molecule has 0 spiro atoms. The van der Waals surface area contributed by atoms with Gasteiger partial charge in [0.25, 0.3) is 10.1 Å². The summed E-state index contributed by atoms with van der Waals surface area (Å²) < 4.78 is 37.9. The van der Waals surface area contributed by atoms with Crippen LogP contribution in [-0.2, 0) is 24.4 Å². The van der Waals surface area contributed by atoms with Gasteiger partial charge in [0.15, 0.2) is 5.25 Å². The molecule has 0 fully saturated rings. The fourth-order valence-corrected chi connectivity index (χ4v) is 4.11. The van der Waals surface area contributed by atoms with E-state index in [1.807, 2.05) is 6.92 Å². The topological polar surface area (TPSA) is 118 Å². The second-order valence-corrected chi connectivity index (χ2v) is 9.14. The first kappa shape index (κ1) is 26.9. The summed E-state index contributed by atoms with van der Waals surface area (Å²) in [5.41, 5.74) is 0. The van der Waals surface area contributed by atoms with Crippen molar-refractivity contribution in [2.75, 3.05) is 0 Å². The third-order valence-electron chi connectivity index (χ3n) is 5.34. The van der Waals surface area contributed by atoms with E-state index in [-0.39, 0.29) is 5.92 Å². The van der Waals surface area contributed by atoms with Crippen molar-refractivity contribution in [3.8, 4) is 0 Å². The highest BCUT2D eigenvalue weighted by atomic mass is 32.2. The molecule has 0 radical (unpaired) electrons. The predicted octanol–water partition coefficient (Wildman–Crippen LogP) is 4.45. The maximum atomic E-state index is 12.5. The standard InChI is InChI=1S/C20H38O7S/c1-5-9-11-15(7-3)13-17(16(8-4)12-10-6-2)27-20(23)18(14-19(21)22)28(24,25)26/h15-18H,5-14H2,1-4H3,(H,21,22)(H,24,25,26). The van der Waals surface area contributed by atoms with E-state index < -0.39 is 39.8 Å². The molecule has 0 heterocycles. The van der Waals surface area contributed by atoms with Crippen molar-refractivity contribution in [1.82, 2.24) is 0 Å². The Morgan fingerprint density at radius 1 is 0.964 bits per heavy atom. The third-order valence-corrected chi connectivity index (χ3v) is 6.42. The minimum absolute atomic E-state index is 0.0754. The summed E-state index contributed by atoms with van der Waals surface area (Å²) in [6.07, 6.45) is 6.78. The van der Waals surface area contributed by atoms with Gasteiger partial charge < -0.3 is 9.84 Å². The molecule has 166 valence electrons. The molecule has 0 rings (SSSR count). The van der Waals surface area contributed by atoms with Crippen LogP contribution in [0.25, 0.3) is 0 Å². The second-order valence-electron chi connectivity index (χ2n) is 7.54. The zero-order valence-electron chi connectivity index (χ0n) is 17.7. The van der Waals surface area contributed by atoms with Gasteiger partial charge in [-0.2, -0.15) is 8.42 Å². The van der Waals surface area contributed by atoms with Crippen molar-refractivity contribution in [2.24, 2.45) is 11.8 Å². The molecule has 4 unspecified atom stereocenters. The molecule has 7 nitrogen and oxygen atoms in total. The number of esters is 1. The summed E-state index contributed by atoms with van der Waals surface area (Å²) in [6.45, 7) is 8.28. The van der Waals surface area contributed by atoms with Gasteiger partial charge in [-0.25, -0.2) is 0 Å². The van der Waals surface area contributed by atoms with Crippen LogP contribution in [0.4, 0.5) is 0 Å². The maximum Gasteiger partial charge on any atom is 0.327 e. The van der Waals surface area contributed by atoms with Gasteiger partial charge in [-0.05, 0) is 31.1 Å².